The van der Waals surface area contributed by atoms with Crippen LogP contribution < -0.4 is 5.32 Å². The standard InChI is InChI=1S/C14H17ClFN3O/c1-3-7-17-9(2)14-19-18-13(20-14)8-10-11(15)5-4-6-12(10)16/h4-6,9,17H,3,7-8H2,1-2H3. The van der Waals surface area contributed by atoms with Crippen LogP contribution in [0.1, 0.15) is 43.7 Å². The molecule has 0 saturated heterocycles. The Hall–Kier alpha value is -1.46. The van der Waals surface area contributed by atoms with Crippen molar-refractivity contribution in [1.29, 1.82) is 0 Å². The molecular weight excluding hydrogens is 281 g/mol. The zero-order valence-corrected chi connectivity index (χ0v) is 12.2. The minimum absolute atomic E-state index is 0.0210. The van der Waals surface area contributed by atoms with Crippen molar-refractivity contribution in [2.75, 3.05) is 6.54 Å². The average molecular weight is 298 g/mol. The molecule has 0 aliphatic rings. The van der Waals surface area contributed by atoms with E-state index in [9.17, 15) is 4.39 Å². The number of nitrogens with one attached hydrogen (secondary N) is 1. The Labute approximate surface area is 122 Å². The number of benzene rings is 1. The van der Waals surface area contributed by atoms with Gasteiger partial charge in [0, 0.05) is 10.6 Å². The first-order valence-electron chi connectivity index (χ1n) is 6.60. The van der Waals surface area contributed by atoms with Crippen molar-refractivity contribution in [1.82, 2.24) is 15.5 Å². The Balaban J connectivity index is 2.10. The Bertz CT molecular complexity index is 553. The highest BCUT2D eigenvalue weighted by Gasteiger charge is 2.16. The predicted molar refractivity (Wildman–Crippen MR) is 75.2 cm³/mol. The molecule has 1 N–H and O–H groups in total. The van der Waals surface area contributed by atoms with Crippen LogP contribution in [0, 0.1) is 5.82 Å². The molecule has 0 fully saturated rings. The zero-order valence-electron chi connectivity index (χ0n) is 11.5. The lowest BCUT2D eigenvalue weighted by Crippen LogP contribution is -2.19. The molecule has 0 aliphatic heterocycles. The summed E-state index contributed by atoms with van der Waals surface area (Å²) >= 11 is 5.98. The number of hydrogen-bond acceptors (Lipinski definition) is 4. The van der Waals surface area contributed by atoms with Crippen LogP contribution in [0.4, 0.5) is 4.39 Å². The van der Waals surface area contributed by atoms with Crippen molar-refractivity contribution in [2.24, 2.45) is 0 Å². The van der Waals surface area contributed by atoms with Gasteiger partial charge in [-0.15, -0.1) is 10.2 Å². The molecule has 0 aliphatic carbocycles. The maximum absolute atomic E-state index is 13.7. The van der Waals surface area contributed by atoms with Gasteiger partial charge in [0.25, 0.3) is 0 Å². The molecule has 1 aromatic heterocycles. The predicted octanol–water partition coefficient (Wildman–Crippen LogP) is 3.51. The van der Waals surface area contributed by atoms with E-state index in [2.05, 4.69) is 22.4 Å². The van der Waals surface area contributed by atoms with Gasteiger partial charge in [-0.1, -0.05) is 24.6 Å². The molecule has 20 heavy (non-hydrogen) atoms. The van der Waals surface area contributed by atoms with Crippen molar-refractivity contribution in [2.45, 2.75) is 32.7 Å². The molecule has 1 aromatic carbocycles. The first-order chi connectivity index (χ1) is 9.61. The Morgan fingerprint density at radius 3 is 2.90 bits per heavy atom. The van der Waals surface area contributed by atoms with Crippen LogP contribution in [0.25, 0.3) is 0 Å². The molecule has 0 spiro atoms. The Morgan fingerprint density at radius 1 is 1.40 bits per heavy atom. The summed E-state index contributed by atoms with van der Waals surface area (Å²) in [5, 5.41) is 11.5. The summed E-state index contributed by atoms with van der Waals surface area (Å²) in [5.74, 6) is 0.493. The van der Waals surface area contributed by atoms with Gasteiger partial charge in [-0.05, 0) is 32.0 Å². The molecule has 0 radical (unpaired) electrons. The normalized spacial score (nSPS) is 12.6. The van der Waals surface area contributed by atoms with Crippen molar-refractivity contribution in [3.05, 3.63) is 46.4 Å². The number of rotatable bonds is 6. The molecule has 0 bridgehead atoms. The maximum atomic E-state index is 13.7. The van der Waals surface area contributed by atoms with E-state index in [4.69, 9.17) is 16.0 Å². The SMILES string of the molecule is CCCNC(C)c1nnc(Cc2c(F)cccc2Cl)o1. The van der Waals surface area contributed by atoms with Crippen LogP contribution in [0.3, 0.4) is 0 Å². The molecule has 2 aromatic rings. The van der Waals surface area contributed by atoms with Gasteiger partial charge in [-0.3, -0.25) is 0 Å². The van der Waals surface area contributed by atoms with Gasteiger partial charge in [0.2, 0.25) is 11.8 Å². The van der Waals surface area contributed by atoms with Crippen molar-refractivity contribution < 1.29 is 8.81 Å². The number of nitrogens with zero attached hydrogens (tertiary/aromatic N) is 2. The van der Waals surface area contributed by atoms with Crippen LogP contribution in [0.2, 0.25) is 5.02 Å². The summed E-state index contributed by atoms with van der Waals surface area (Å²) in [4.78, 5) is 0. The van der Waals surface area contributed by atoms with Gasteiger partial charge in [0.05, 0.1) is 12.5 Å². The molecule has 1 atom stereocenters. The van der Waals surface area contributed by atoms with Crippen molar-refractivity contribution in [3.63, 3.8) is 0 Å². The van der Waals surface area contributed by atoms with Gasteiger partial charge in [-0.25, -0.2) is 4.39 Å². The van der Waals surface area contributed by atoms with Crippen LogP contribution in [-0.4, -0.2) is 16.7 Å². The van der Waals surface area contributed by atoms with Crippen molar-refractivity contribution in [3.8, 4) is 0 Å². The van der Waals surface area contributed by atoms with Crippen molar-refractivity contribution >= 4 is 11.6 Å². The van der Waals surface area contributed by atoms with E-state index in [0.29, 0.717) is 22.4 Å². The third-order valence-corrected chi connectivity index (χ3v) is 3.30. The molecule has 108 valence electrons. The summed E-state index contributed by atoms with van der Waals surface area (Å²) in [6.07, 6.45) is 1.22. The van der Waals surface area contributed by atoms with E-state index in [1.807, 2.05) is 6.92 Å². The lowest BCUT2D eigenvalue weighted by molar-refractivity contribution is 0.396. The third-order valence-electron chi connectivity index (χ3n) is 2.94. The van der Waals surface area contributed by atoms with E-state index < -0.39 is 0 Å². The second-order valence-corrected chi connectivity index (χ2v) is 4.99. The van der Waals surface area contributed by atoms with Gasteiger partial charge in [0.1, 0.15) is 5.82 Å². The topological polar surface area (TPSA) is 51.0 Å². The molecule has 0 amide bonds. The summed E-state index contributed by atoms with van der Waals surface area (Å²) in [6, 6.07) is 4.55. The minimum Gasteiger partial charge on any atom is -0.423 e. The third kappa shape index (κ3) is 3.55. The van der Waals surface area contributed by atoms with Crippen LogP contribution in [0.5, 0.6) is 0 Å². The smallest absolute Gasteiger partial charge is 0.233 e. The van der Waals surface area contributed by atoms with E-state index in [-0.39, 0.29) is 18.3 Å². The molecule has 2 rings (SSSR count). The monoisotopic (exact) mass is 297 g/mol. The van der Waals surface area contributed by atoms with Gasteiger partial charge < -0.3 is 9.73 Å². The zero-order chi connectivity index (χ0) is 14.5. The molecule has 1 unspecified atom stereocenters. The first kappa shape index (κ1) is 14.9. The highest BCUT2D eigenvalue weighted by atomic mass is 35.5. The molecule has 0 saturated carbocycles. The van der Waals surface area contributed by atoms with E-state index in [0.717, 1.165) is 13.0 Å². The largest absolute Gasteiger partial charge is 0.423 e. The minimum atomic E-state index is -0.366. The van der Waals surface area contributed by atoms with Gasteiger partial charge in [0.15, 0.2) is 0 Å². The summed E-state index contributed by atoms with van der Waals surface area (Å²) in [6.45, 7) is 4.90. The number of hydrogen-bond donors (Lipinski definition) is 1. The highest BCUT2D eigenvalue weighted by molar-refractivity contribution is 6.31. The Kier molecular flexibility index (Phi) is 5.09. The fraction of sp³-hybridized carbons (Fsp3) is 0.429. The van der Waals surface area contributed by atoms with E-state index in [1.165, 1.54) is 6.07 Å². The van der Waals surface area contributed by atoms with Crippen LogP contribution in [-0.2, 0) is 6.42 Å². The summed E-state index contributed by atoms with van der Waals surface area (Å²) < 4.78 is 19.2. The van der Waals surface area contributed by atoms with E-state index in [1.54, 1.807) is 12.1 Å². The molecule has 1 heterocycles. The second kappa shape index (κ2) is 6.81. The van der Waals surface area contributed by atoms with Gasteiger partial charge in [-0.2, -0.15) is 0 Å². The van der Waals surface area contributed by atoms with E-state index >= 15 is 0 Å². The fourth-order valence-electron chi connectivity index (χ4n) is 1.81. The van der Waals surface area contributed by atoms with Crippen LogP contribution >= 0.6 is 11.6 Å². The molecule has 4 nitrogen and oxygen atoms in total. The molecular formula is C14H17ClFN3O. The van der Waals surface area contributed by atoms with Gasteiger partial charge >= 0.3 is 0 Å². The number of aromatic nitrogens is 2. The number of halogens is 2. The summed E-state index contributed by atoms with van der Waals surface area (Å²) in [5.41, 5.74) is 0.374. The highest BCUT2D eigenvalue weighted by Crippen LogP contribution is 2.22. The summed E-state index contributed by atoms with van der Waals surface area (Å²) in [7, 11) is 0. The Morgan fingerprint density at radius 2 is 2.20 bits per heavy atom. The average Bonchev–Trinajstić information content (AvgIpc) is 2.89. The lowest BCUT2D eigenvalue weighted by atomic mass is 10.1. The second-order valence-electron chi connectivity index (χ2n) is 4.59. The fourth-order valence-corrected chi connectivity index (χ4v) is 2.04. The lowest BCUT2D eigenvalue weighted by Gasteiger charge is -2.07. The maximum Gasteiger partial charge on any atom is 0.233 e. The quantitative estimate of drug-likeness (QED) is 0.886. The van der Waals surface area contributed by atoms with Crippen LogP contribution in [0.15, 0.2) is 22.6 Å². The molecule has 6 heteroatoms. The first-order valence-corrected chi connectivity index (χ1v) is 6.98.